The van der Waals surface area contributed by atoms with Crippen LogP contribution in [0.4, 0.5) is 17.2 Å². The Kier molecular flexibility index (Phi) is 6.16. The molecule has 1 amide bonds. The molecule has 0 fully saturated rings. The number of anilines is 3. The van der Waals surface area contributed by atoms with Crippen LogP contribution in [-0.2, 0) is 4.79 Å². The lowest BCUT2D eigenvalue weighted by Crippen LogP contribution is -2.21. The predicted molar refractivity (Wildman–Crippen MR) is 99.1 cm³/mol. The molecule has 2 rings (SSSR count). The average Bonchev–Trinajstić information content (AvgIpc) is 2.53. The molecule has 0 unspecified atom stereocenters. The predicted octanol–water partition coefficient (Wildman–Crippen LogP) is 5.27. The van der Waals surface area contributed by atoms with E-state index in [1.165, 1.54) is 5.56 Å². The van der Waals surface area contributed by atoms with Gasteiger partial charge in [0.1, 0.15) is 5.82 Å². The van der Waals surface area contributed by atoms with Gasteiger partial charge in [0.05, 0.1) is 17.6 Å². The molecule has 0 spiro atoms. The van der Waals surface area contributed by atoms with Crippen molar-refractivity contribution in [2.75, 3.05) is 10.6 Å². The summed E-state index contributed by atoms with van der Waals surface area (Å²) in [5.74, 6) is 0.838. The van der Waals surface area contributed by atoms with E-state index in [0.717, 1.165) is 34.5 Å². The molecule has 2 N–H and O–H groups in total. The molecule has 0 atom stereocenters. The van der Waals surface area contributed by atoms with Crippen LogP contribution in [0.3, 0.4) is 0 Å². The van der Waals surface area contributed by atoms with Crippen molar-refractivity contribution in [3.8, 4) is 0 Å². The molecule has 0 aliphatic carbocycles. The van der Waals surface area contributed by atoms with Crippen LogP contribution in [0.5, 0.6) is 0 Å². The van der Waals surface area contributed by atoms with Gasteiger partial charge in [-0.25, -0.2) is 4.98 Å². The van der Waals surface area contributed by atoms with Gasteiger partial charge in [-0.2, -0.15) is 0 Å². The second-order valence-corrected chi connectivity index (χ2v) is 6.40. The zero-order valence-electron chi connectivity index (χ0n) is 13.7. The van der Waals surface area contributed by atoms with Crippen molar-refractivity contribution in [1.82, 2.24) is 4.98 Å². The van der Waals surface area contributed by atoms with Crippen LogP contribution in [0.15, 0.2) is 41.0 Å². The first-order valence-electron chi connectivity index (χ1n) is 7.83. The average molecular weight is 376 g/mol. The number of nitrogens with one attached hydrogen (secondary N) is 2. The highest BCUT2D eigenvalue weighted by Gasteiger charge is 2.14. The third kappa shape index (κ3) is 4.79. The molecular formula is C18H22BrN3O. The molecule has 1 aromatic heterocycles. The monoisotopic (exact) mass is 375 g/mol. The minimum Gasteiger partial charge on any atom is -0.339 e. The molecule has 0 aliphatic rings. The summed E-state index contributed by atoms with van der Waals surface area (Å²) in [6.07, 6.45) is 3.36. The molecule has 23 heavy (non-hydrogen) atoms. The van der Waals surface area contributed by atoms with E-state index < -0.39 is 0 Å². The summed E-state index contributed by atoms with van der Waals surface area (Å²) in [5.41, 5.74) is 2.86. The Labute approximate surface area is 145 Å². The summed E-state index contributed by atoms with van der Waals surface area (Å²) in [6.45, 7) is 6.10. The van der Waals surface area contributed by atoms with Crippen LogP contribution in [0.2, 0.25) is 0 Å². The summed E-state index contributed by atoms with van der Waals surface area (Å²) in [4.78, 5) is 16.4. The van der Waals surface area contributed by atoms with Crippen LogP contribution in [0.25, 0.3) is 0 Å². The van der Waals surface area contributed by atoms with Gasteiger partial charge in [-0.05, 0) is 65.5 Å². The normalized spacial score (nSPS) is 10.7. The zero-order chi connectivity index (χ0) is 16.8. The lowest BCUT2D eigenvalue weighted by molar-refractivity contribution is -0.120. The van der Waals surface area contributed by atoms with Gasteiger partial charge < -0.3 is 10.6 Å². The van der Waals surface area contributed by atoms with Gasteiger partial charge in [0.25, 0.3) is 0 Å². The fraction of sp³-hybridized carbons (Fsp3) is 0.333. The van der Waals surface area contributed by atoms with Crippen molar-refractivity contribution >= 4 is 39.0 Å². The maximum absolute atomic E-state index is 12.1. The van der Waals surface area contributed by atoms with Crippen LogP contribution in [-0.4, -0.2) is 10.9 Å². The summed E-state index contributed by atoms with van der Waals surface area (Å²) >= 11 is 3.54. The van der Waals surface area contributed by atoms with Crippen molar-refractivity contribution in [3.63, 3.8) is 0 Å². The lowest BCUT2D eigenvalue weighted by Gasteiger charge is -2.13. The fourth-order valence-electron chi connectivity index (χ4n) is 2.31. The zero-order valence-corrected chi connectivity index (χ0v) is 15.3. The molecular weight excluding hydrogens is 354 g/mol. The molecule has 1 heterocycles. The van der Waals surface area contributed by atoms with Crippen molar-refractivity contribution in [2.24, 2.45) is 5.92 Å². The number of halogens is 1. The highest BCUT2D eigenvalue weighted by Crippen LogP contribution is 2.26. The maximum Gasteiger partial charge on any atom is 0.227 e. The fourth-order valence-corrected chi connectivity index (χ4v) is 2.90. The van der Waals surface area contributed by atoms with Crippen molar-refractivity contribution in [3.05, 3.63) is 46.6 Å². The molecule has 0 radical (unpaired) electrons. The first-order valence-corrected chi connectivity index (χ1v) is 8.62. The third-order valence-electron chi connectivity index (χ3n) is 3.77. The van der Waals surface area contributed by atoms with Crippen LogP contribution < -0.4 is 10.6 Å². The first-order chi connectivity index (χ1) is 11.0. The molecule has 1 aromatic carbocycles. The molecule has 0 aliphatic heterocycles. The van der Waals surface area contributed by atoms with E-state index in [-0.39, 0.29) is 11.8 Å². The summed E-state index contributed by atoms with van der Waals surface area (Å²) in [7, 11) is 0. The summed E-state index contributed by atoms with van der Waals surface area (Å²) in [5, 5.41) is 6.17. The maximum atomic E-state index is 12.1. The topological polar surface area (TPSA) is 54.0 Å². The SMILES string of the molecule is CCC(CC)C(=O)Nc1ccc(Nc2ccc(C)cc2Br)nc1. The smallest absolute Gasteiger partial charge is 0.227 e. The second kappa shape index (κ2) is 8.11. The van der Waals surface area contributed by atoms with Gasteiger partial charge in [-0.15, -0.1) is 0 Å². The quantitative estimate of drug-likeness (QED) is 0.722. The minimum atomic E-state index is 0.0521. The number of carbonyl (C=O) groups is 1. The molecule has 0 saturated heterocycles. The number of hydrogen-bond donors (Lipinski definition) is 2. The highest BCUT2D eigenvalue weighted by molar-refractivity contribution is 9.10. The van der Waals surface area contributed by atoms with Gasteiger partial charge in [0.15, 0.2) is 0 Å². The standard InChI is InChI=1S/C18H22BrN3O/c1-4-13(5-2)18(23)21-14-7-9-17(20-11-14)22-16-8-6-12(3)10-15(16)19/h6-11,13H,4-5H2,1-3H3,(H,20,22)(H,21,23). The van der Waals surface area contributed by atoms with Gasteiger partial charge in [-0.3, -0.25) is 4.79 Å². The number of rotatable bonds is 6. The molecule has 0 bridgehead atoms. The molecule has 2 aromatic rings. The van der Waals surface area contributed by atoms with E-state index in [4.69, 9.17) is 0 Å². The second-order valence-electron chi connectivity index (χ2n) is 5.54. The van der Waals surface area contributed by atoms with Gasteiger partial charge in [0, 0.05) is 10.4 Å². The van der Waals surface area contributed by atoms with E-state index in [1.807, 2.05) is 51.1 Å². The van der Waals surface area contributed by atoms with E-state index in [1.54, 1.807) is 6.20 Å². The Morgan fingerprint density at radius 2 is 1.96 bits per heavy atom. The summed E-state index contributed by atoms with van der Waals surface area (Å²) < 4.78 is 0.991. The number of pyridine rings is 1. The number of carbonyl (C=O) groups excluding carboxylic acids is 1. The number of hydrogen-bond acceptors (Lipinski definition) is 3. The molecule has 0 saturated carbocycles. The summed E-state index contributed by atoms with van der Waals surface area (Å²) in [6, 6.07) is 9.81. The van der Waals surface area contributed by atoms with Crippen LogP contribution in [0, 0.1) is 12.8 Å². The van der Waals surface area contributed by atoms with Crippen LogP contribution in [0.1, 0.15) is 32.3 Å². The van der Waals surface area contributed by atoms with Gasteiger partial charge in [0.2, 0.25) is 5.91 Å². The van der Waals surface area contributed by atoms with E-state index in [9.17, 15) is 4.79 Å². The van der Waals surface area contributed by atoms with Crippen molar-refractivity contribution in [1.29, 1.82) is 0 Å². The Hall–Kier alpha value is -1.88. The Morgan fingerprint density at radius 1 is 1.22 bits per heavy atom. The van der Waals surface area contributed by atoms with E-state index in [0.29, 0.717) is 0 Å². The molecule has 5 heteroatoms. The Bertz CT molecular complexity index is 666. The molecule has 4 nitrogen and oxygen atoms in total. The van der Waals surface area contributed by atoms with E-state index in [2.05, 4.69) is 31.5 Å². The van der Waals surface area contributed by atoms with Crippen molar-refractivity contribution < 1.29 is 4.79 Å². The van der Waals surface area contributed by atoms with Crippen LogP contribution >= 0.6 is 15.9 Å². The number of amides is 1. The molecule has 122 valence electrons. The van der Waals surface area contributed by atoms with Gasteiger partial charge >= 0.3 is 0 Å². The largest absolute Gasteiger partial charge is 0.339 e. The number of aromatic nitrogens is 1. The highest BCUT2D eigenvalue weighted by atomic mass is 79.9. The number of aryl methyl sites for hydroxylation is 1. The number of nitrogens with zero attached hydrogens (tertiary/aromatic N) is 1. The Balaban J connectivity index is 2.03. The first kappa shape index (κ1) is 17.5. The van der Waals surface area contributed by atoms with E-state index >= 15 is 0 Å². The lowest BCUT2D eigenvalue weighted by atomic mass is 10.0. The van der Waals surface area contributed by atoms with Crippen molar-refractivity contribution in [2.45, 2.75) is 33.6 Å². The van der Waals surface area contributed by atoms with Gasteiger partial charge in [-0.1, -0.05) is 19.9 Å². The Morgan fingerprint density at radius 3 is 2.52 bits per heavy atom. The number of benzene rings is 1. The third-order valence-corrected chi connectivity index (χ3v) is 4.43. The minimum absolute atomic E-state index is 0.0521.